The molecule has 1 fully saturated rings. The number of benzene rings is 2. The van der Waals surface area contributed by atoms with Crippen molar-refractivity contribution >= 4 is 28.9 Å². The second kappa shape index (κ2) is 10.1. The standard InChI is InChI=1S/C26H26N6O/c1-4-23(33)16-19-7-5-8-20(15-19)24-18-25(27-2)30-26(29-24)28-21-9-6-10-22(17-21)32-13-11-31(3)12-14-32/h4-10,15,17-18H,1,11-14,16H2,3H3,(H,28,29,30). The molecule has 0 radical (unpaired) electrons. The first-order chi connectivity index (χ1) is 16.0. The Bertz CT molecular complexity index is 1210. The van der Waals surface area contributed by atoms with Crippen LogP contribution in [-0.2, 0) is 11.2 Å². The Balaban J connectivity index is 1.59. The van der Waals surface area contributed by atoms with Crippen LogP contribution in [0.1, 0.15) is 5.56 Å². The van der Waals surface area contributed by atoms with Gasteiger partial charge in [0.05, 0.1) is 5.69 Å². The van der Waals surface area contributed by atoms with Crippen molar-refractivity contribution in [2.75, 3.05) is 43.4 Å². The van der Waals surface area contributed by atoms with Crippen molar-refractivity contribution < 1.29 is 4.79 Å². The van der Waals surface area contributed by atoms with Crippen molar-refractivity contribution in [1.82, 2.24) is 14.9 Å². The van der Waals surface area contributed by atoms with Crippen LogP contribution in [0.2, 0.25) is 0 Å². The summed E-state index contributed by atoms with van der Waals surface area (Å²) < 4.78 is 0. The lowest BCUT2D eigenvalue weighted by atomic mass is 10.0. The normalized spacial score (nSPS) is 13.9. The van der Waals surface area contributed by atoms with Crippen LogP contribution >= 0.6 is 0 Å². The number of nitrogens with zero attached hydrogens (tertiary/aromatic N) is 5. The Morgan fingerprint density at radius 1 is 1.12 bits per heavy atom. The minimum atomic E-state index is -0.0423. The Morgan fingerprint density at radius 3 is 2.67 bits per heavy atom. The number of aromatic nitrogens is 2. The second-order valence-corrected chi connectivity index (χ2v) is 8.06. The van der Waals surface area contributed by atoms with E-state index in [4.69, 9.17) is 6.57 Å². The maximum Gasteiger partial charge on any atom is 0.324 e. The molecule has 0 bridgehead atoms. The number of anilines is 3. The number of nitrogens with one attached hydrogen (secondary N) is 1. The summed E-state index contributed by atoms with van der Waals surface area (Å²) >= 11 is 0. The van der Waals surface area contributed by atoms with Crippen molar-refractivity contribution in [3.63, 3.8) is 0 Å². The molecule has 1 saturated heterocycles. The number of hydrogen-bond acceptors (Lipinski definition) is 6. The number of piperazine rings is 1. The summed E-state index contributed by atoms with van der Waals surface area (Å²) in [7, 11) is 2.14. The van der Waals surface area contributed by atoms with E-state index in [9.17, 15) is 4.79 Å². The molecule has 1 aromatic heterocycles. The maximum atomic E-state index is 11.7. The summed E-state index contributed by atoms with van der Waals surface area (Å²) in [5, 5.41) is 3.26. The zero-order valence-corrected chi connectivity index (χ0v) is 18.7. The van der Waals surface area contributed by atoms with Gasteiger partial charge in [0.2, 0.25) is 0 Å². The molecule has 0 saturated carbocycles. The van der Waals surface area contributed by atoms with E-state index in [-0.39, 0.29) is 18.0 Å². The molecule has 7 heteroatoms. The van der Waals surface area contributed by atoms with E-state index >= 15 is 0 Å². The lowest BCUT2D eigenvalue weighted by Gasteiger charge is -2.34. The van der Waals surface area contributed by atoms with Crippen molar-refractivity contribution in [3.8, 4) is 11.3 Å². The van der Waals surface area contributed by atoms with Crippen LogP contribution in [0.25, 0.3) is 16.1 Å². The number of rotatable bonds is 7. The Labute approximate surface area is 194 Å². The average molecular weight is 439 g/mol. The third-order valence-electron chi connectivity index (χ3n) is 5.63. The molecule has 3 aromatic rings. The van der Waals surface area contributed by atoms with Gasteiger partial charge in [0.25, 0.3) is 5.82 Å². The summed E-state index contributed by atoms with van der Waals surface area (Å²) in [6, 6.07) is 17.4. The van der Waals surface area contributed by atoms with Gasteiger partial charge in [-0.05, 0) is 54.6 Å². The topological polar surface area (TPSA) is 65.7 Å². The van der Waals surface area contributed by atoms with Gasteiger partial charge < -0.3 is 20.0 Å². The average Bonchev–Trinajstić information content (AvgIpc) is 2.84. The monoisotopic (exact) mass is 438 g/mol. The lowest BCUT2D eigenvalue weighted by molar-refractivity contribution is -0.114. The quantitative estimate of drug-likeness (QED) is 0.433. The lowest BCUT2D eigenvalue weighted by Crippen LogP contribution is -2.44. The van der Waals surface area contributed by atoms with Crippen LogP contribution in [0.4, 0.5) is 23.1 Å². The highest BCUT2D eigenvalue weighted by molar-refractivity contribution is 5.91. The predicted octanol–water partition coefficient (Wildman–Crippen LogP) is 4.49. The van der Waals surface area contributed by atoms with E-state index in [1.165, 1.54) is 6.08 Å². The molecule has 1 N–H and O–H groups in total. The summed E-state index contributed by atoms with van der Waals surface area (Å²) in [4.78, 5) is 28.9. The molecule has 0 atom stereocenters. The van der Waals surface area contributed by atoms with Gasteiger partial charge in [0, 0.05) is 44.0 Å². The highest BCUT2D eigenvalue weighted by Gasteiger charge is 2.15. The third kappa shape index (κ3) is 5.62. The molecular weight excluding hydrogens is 412 g/mol. The first-order valence-corrected chi connectivity index (χ1v) is 10.9. The van der Waals surface area contributed by atoms with Gasteiger partial charge in [-0.2, -0.15) is 4.98 Å². The van der Waals surface area contributed by atoms with E-state index in [1.807, 2.05) is 36.4 Å². The van der Waals surface area contributed by atoms with Crippen molar-refractivity contribution in [2.24, 2.45) is 0 Å². The SMILES string of the molecule is [C-]#[N+]c1cc(-c2cccc(CC(=O)C=C)c2)nc(Nc2cccc(N3CCN(C)CC3)c2)n1. The summed E-state index contributed by atoms with van der Waals surface area (Å²) in [5.41, 5.74) is 4.33. The number of hydrogen-bond donors (Lipinski definition) is 1. The fourth-order valence-electron chi connectivity index (χ4n) is 3.78. The van der Waals surface area contributed by atoms with Gasteiger partial charge in [0.1, 0.15) is 0 Å². The third-order valence-corrected chi connectivity index (χ3v) is 5.63. The van der Waals surface area contributed by atoms with E-state index < -0.39 is 0 Å². The van der Waals surface area contributed by atoms with Crippen molar-refractivity contribution in [1.29, 1.82) is 0 Å². The highest BCUT2D eigenvalue weighted by atomic mass is 16.1. The first-order valence-electron chi connectivity index (χ1n) is 10.9. The molecule has 1 aliphatic rings. The summed E-state index contributed by atoms with van der Waals surface area (Å²) in [5.74, 6) is 0.575. The van der Waals surface area contributed by atoms with Crippen LogP contribution < -0.4 is 10.2 Å². The van der Waals surface area contributed by atoms with Crippen molar-refractivity contribution in [2.45, 2.75) is 6.42 Å². The Hall–Kier alpha value is -4.02. The minimum Gasteiger partial charge on any atom is -0.369 e. The molecule has 33 heavy (non-hydrogen) atoms. The molecular formula is C26H26N6O. The summed E-state index contributed by atoms with van der Waals surface area (Å²) in [6.07, 6.45) is 1.61. The van der Waals surface area contributed by atoms with Gasteiger partial charge in [-0.3, -0.25) is 4.79 Å². The van der Waals surface area contributed by atoms with Crippen LogP contribution in [0.5, 0.6) is 0 Å². The molecule has 2 aromatic carbocycles. The van der Waals surface area contributed by atoms with Gasteiger partial charge in [-0.1, -0.05) is 42.4 Å². The number of carbonyl (C=O) groups is 1. The number of ketones is 1. The Kier molecular flexibility index (Phi) is 6.77. The molecule has 1 aliphatic heterocycles. The van der Waals surface area contributed by atoms with Crippen LogP contribution in [0, 0.1) is 6.57 Å². The zero-order chi connectivity index (χ0) is 23.2. The molecule has 0 amide bonds. The van der Waals surface area contributed by atoms with E-state index in [1.54, 1.807) is 6.07 Å². The van der Waals surface area contributed by atoms with E-state index in [0.717, 1.165) is 48.7 Å². The molecule has 0 unspecified atom stereocenters. The van der Waals surface area contributed by atoms with Gasteiger partial charge in [-0.15, -0.1) is 0 Å². The number of allylic oxidation sites excluding steroid dienone is 1. The van der Waals surface area contributed by atoms with Gasteiger partial charge in [-0.25, -0.2) is 0 Å². The fourth-order valence-corrected chi connectivity index (χ4v) is 3.78. The first kappa shape index (κ1) is 22.2. The maximum absolute atomic E-state index is 11.7. The molecule has 166 valence electrons. The highest BCUT2D eigenvalue weighted by Crippen LogP contribution is 2.27. The van der Waals surface area contributed by atoms with Crippen LogP contribution in [0.3, 0.4) is 0 Å². The van der Waals surface area contributed by atoms with E-state index in [2.05, 4.69) is 55.7 Å². The number of likely N-dealkylation sites (N-methyl/N-ethyl adjacent to an activating group) is 1. The van der Waals surface area contributed by atoms with Gasteiger partial charge >= 0.3 is 5.95 Å². The Morgan fingerprint density at radius 2 is 1.91 bits per heavy atom. The zero-order valence-electron chi connectivity index (χ0n) is 18.7. The molecule has 0 aliphatic carbocycles. The van der Waals surface area contributed by atoms with Crippen LogP contribution in [-0.4, -0.2) is 53.9 Å². The molecule has 4 rings (SSSR count). The van der Waals surface area contributed by atoms with Crippen LogP contribution in [0.15, 0.2) is 67.3 Å². The second-order valence-electron chi connectivity index (χ2n) is 8.06. The smallest absolute Gasteiger partial charge is 0.324 e. The van der Waals surface area contributed by atoms with Crippen molar-refractivity contribution in [3.05, 3.63) is 84.2 Å². The summed E-state index contributed by atoms with van der Waals surface area (Å²) in [6.45, 7) is 15.0. The molecule has 7 nitrogen and oxygen atoms in total. The number of carbonyl (C=O) groups excluding carboxylic acids is 1. The molecule has 2 heterocycles. The fraction of sp³-hybridized carbons (Fsp3) is 0.231. The van der Waals surface area contributed by atoms with E-state index in [0.29, 0.717) is 11.6 Å². The largest absolute Gasteiger partial charge is 0.369 e. The molecule has 0 spiro atoms. The minimum absolute atomic E-state index is 0.0423. The predicted molar refractivity (Wildman–Crippen MR) is 132 cm³/mol. The van der Waals surface area contributed by atoms with Gasteiger partial charge in [0.15, 0.2) is 5.78 Å².